The second-order valence-corrected chi connectivity index (χ2v) is 9.12. The second kappa shape index (κ2) is 7.87. The Morgan fingerprint density at radius 3 is 2.61 bits per heavy atom. The van der Waals surface area contributed by atoms with E-state index in [0.717, 1.165) is 38.7 Å². The summed E-state index contributed by atoms with van der Waals surface area (Å²) in [5.41, 5.74) is 4.84. The maximum Gasteiger partial charge on any atom is 0.274 e. The number of thiazole rings is 1. The molecule has 0 aliphatic carbocycles. The van der Waals surface area contributed by atoms with Crippen LogP contribution in [0.2, 0.25) is 0 Å². The Bertz CT molecular complexity index is 1750. The molecule has 0 atom stereocenters. The number of ether oxygens (including phenoxy) is 1. The van der Waals surface area contributed by atoms with E-state index in [9.17, 15) is 4.79 Å². The average Bonchev–Trinajstić information content (AvgIpc) is 3.35. The van der Waals surface area contributed by atoms with Crippen LogP contribution in [0.5, 0.6) is 5.75 Å². The van der Waals surface area contributed by atoms with Crippen molar-refractivity contribution in [2.75, 3.05) is 0 Å². The first-order valence-electron chi connectivity index (χ1n) is 10.8. The highest BCUT2D eigenvalue weighted by Gasteiger charge is 2.13. The van der Waals surface area contributed by atoms with Crippen molar-refractivity contribution in [3.8, 4) is 5.75 Å². The topological polar surface area (TPSA) is 43.6 Å². The minimum atomic E-state index is -0.0545. The summed E-state index contributed by atoms with van der Waals surface area (Å²) in [5.74, 6) is 0.754. The fourth-order valence-electron chi connectivity index (χ4n) is 4.14. The van der Waals surface area contributed by atoms with Crippen molar-refractivity contribution in [3.63, 3.8) is 0 Å². The summed E-state index contributed by atoms with van der Waals surface area (Å²) < 4.78 is 8.59. The molecule has 6 rings (SSSR count). The Balaban J connectivity index is 1.51. The van der Waals surface area contributed by atoms with Crippen molar-refractivity contribution >= 4 is 44.2 Å². The molecule has 0 spiro atoms. The highest BCUT2D eigenvalue weighted by molar-refractivity contribution is 7.15. The van der Waals surface area contributed by atoms with Gasteiger partial charge in [-0.05, 0) is 47.5 Å². The fraction of sp³-hybridized carbons (Fsp3) is 0.0714. The van der Waals surface area contributed by atoms with Crippen LogP contribution >= 0.6 is 11.3 Å². The van der Waals surface area contributed by atoms with Gasteiger partial charge in [0, 0.05) is 5.56 Å². The lowest BCUT2D eigenvalue weighted by atomic mass is 10.0. The average molecular weight is 449 g/mol. The molecule has 0 aliphatic rings. The lowest BCUT2D eigenvalue weighted by Crippen LogP contribution is -2.22. The summed E-state index contributed by atoms with van der Waals surface area (Å²) in [4.78, 5) is 18.7. The van der Waals surface area contributed by atoms with Gasteiger partial charge >= 0.3 is 0 Å². The summed E-state index contributed by atoms with van der Waals surface area (Å²) in [7, 11) is 0. The lowest BCUT2D eigenvalue weighted by Gasteiger charge is -2.12. The Morgan fingerprint density at radius 1 is 0.939 bits per heavy atom. The number of rotatable bonds is 4. The molecule has 4 nitrogen and oxygen atoms in total. The Kier molecular flexibility index (Phi) is 4.70. The number of fused-ring (bicyclic) bond motifs is 4. The number of para-hydroxylation sites is 2. The highest BCUT2D eigenvalue weighted by atomic mass is 32.1. The second-order valence-electron chi connectivity index (χ2n) is 8.11. The molecular formula is C28H20N2O2S. The van der Waals surface area contributed by atoms with E-state index in [1.54, 1.807) is 4.40 Å². The summed E-state index contributed by atoms with van der Waals surface area (Å²) in [6.07, 6.45) is 1.95. The minimum absolute atomic E-state index is 0.0545. The van der Waals surface area contributed by atoms with Crippen LogP contribution in [0.4, 0.5) is 0 Å². The maximum absolute atomic E-state index is 13.3. The van der Waals surface area contributed by atoms with E-state index in [4.69, 9.17) is 4.74 Å². The zero-order valence-corrected chi connectivity index (χ0v) is 18.8. The first-order valence-corrected chi connectivity index (χ1v) is 11.6. The quantitative estimate of drug-likeness (QED) is 0.358. The lowest BCUT2D eigenvalue weighted by molar-refractivity contribution is 0.306. The normalized spacial score (nSPS) is 12.2. The molecule has 33 heavy (non-hydrogen) atoms. The molecule has 2 aromatic heterocycles. The third-order valence-electron chi connectivity index (χ3n) is 5.87. The van der Waals surface area contributed by atoms with Gasteiger partial charge in [-0.2, -0.15) is 0 Å². The number of hydrogen-bond donors (Lipinski definition) is 0. The van der Waals surface area contributed by atoms with E-state index in [1.807, 2.05) is 48.5 Å². The molecule has 2 heterocycles. The molecule has 0 N–H and O–H groups in total. The number of imidazole rings is 1. The van der Waals surface area contributed by atoms with E-state index in [0.29, 0.717) is 16.1 Å². The first-order chi connectivity index (χ1) is 16.2. The van der Waals surface area contributed by atoms with E-state index in [-0.39, 0.29) is 5.56 Å². The SMILES string of the molecule is Cc1ccc(COc2ccc3ccccc3c2C=c2sc3nc4ccccc4n3c2=O)cc1. The Morgan fingerprint density at radius 2 is 1.73 bits per heavy atom. The highest BCUT2D eigenvalue weighted by Crippen LogP contribution is 2.30. The van der Waals surface area contributed by atoms with Crippen LogP contribution in [0.1, 0.15) is 16.7 Å². The molecule has 160 valence electrons. The summed E-state index contributed by atoms with van der Waals surface area (Å²) in [6, 6.07) is 28.3. The van der Waals surface area contributed by atoms with E-state index >= 15 is 0 Å². The summed E-state index contributed by atoms with van der Waals surface area (Å²) in [6.45, 7) is 2.53. The van der Waals surface area contributed by atoms with Gasteiger partial charge in [0.05, 0.1) is 15.6 Å². The third kappa shape index (κ3) is 3.47. The van der Waals surface area contributed by atoms with Gasteiger partial charge < -0.3 is 4.74 Å². The minimum Gasteiger partial charge on any atom is -0.488 e. The maximum atomic E-state index is 13.3. The summed E-state index contributed by atoms with van der Waals surface area (Å²) in [5, 5.41) is 2.15. The number of aromatic nitrogens is 2. The van der Waals surface area contributed by atoms with Gasteiger partial charge in [-0.3, -0.25) is 4.79 Å². The van der Waals surface area contributed by atoms with Crippen LogP contribution in [-0.4, -0.2) is 9.38 Å². The van der Waals surface area contributed by atoms with Gasteiger partial charge in [0.1, 0.15) is 12.4 Å². The molecule has 5 heteroatoms. The van der Waals surface area contributed by atoms with E-state index < -0.39 is 0 Å². The number of hydrogen-bond acceptors (Lipinski definition) is 4. The monoisotopic (exact) mass is 448 g/mol. The molecule has 0 aliphatic heterocycles. The molecule has 0 saturated carbocycles. The zero-order chi connectivity index (χ0) is 22.4. The van der Waals surface area contributed by atoms with Crippen molar-refractivity contribution in [1.29, 1.82) is 0 Å². The number of nitrogens with zero attached hydrogens (tertiary/aromatic N) is 2. The number of aryl methyl sites for hydroxylation is 1. The van der Waals surface area contributed by atoms with E-state index in [1.165, 1.54) is 16.9 Å². The van der Waals surface area contributed by atoms with Crippen molar-refractivity contribution in [2.45, 2.75) is 13.5 Å². The molecule has 0 radical (unpaired) electrons. The Labute approximate surface area is 194 Å². The van der Waals surface area contributed by atoms with Crippen LogP contribution in [0.25, 0.3) is 32.8 Å². The number of benzene rings is 4. The fourth-order valence-corrected chi connectivity index (χ4v) is 5.11. The van der Waals surface area contributed by atoms with Crippen molar-refractivity contribution in [2.24, 2.45) is 0 Å². The van der Waals surface area contributed by atoms with Crippen LogP contribution in [0.3, 0.4) is 0 Å². The molecule has 0 saturated heterocycles. The largest absolute Gasteiger partial charge is 0.488 e. The van der Waals surface area contributed by atoms with Gasteiger partial charge in [0.2, 0.25) is 0 Å². The van der Waals surface area contributed by atoms with Crippen LogP contribution < -0.4 is 14.8 Å². The predicted molar refractivity (Wildman–Crippen MR) is 135 cm³/mol. The van der Waals surface area contributed by atoms with Crippen molar-refractivity contribution < 1.29 is 4.74 Å². The van der Waals surface area contributed by atoms with Gasteiger partial charge in [-0.1, -0.05) is 83.6 Å². The standard InChI is InChI=1S/C28H20N2O2S/c1-18-10-12-19(13-11-18)17-32-25-15-14-20-6-2-3-7-21(20)22(25)16-26-27(31)30-24-9-5-4-8-23(24)29-28(30)33-26/h2-16H,17H2,1H3. The molecule has 0 unspecified atom stereocenters. The van der Waals surface area contributed by atoms with Gasteiger partial charge in [-0.15, -0.1) is 0 Å². The first kappa shape index (κ1) is 19.7. The van der Waals surface area contributed by atoms with Gasteiger partial charge in [0.15, 0.2) is 4.96 Å². The third-order valence-corrected chi connectivity index (χ3v) is 6.84. The van der Waals surface area contributed by atoms with Crippen molar-refractivity contribution in [3.05, 3.63) is 117 Å². The predicted octanol–water partition coefficient (Wildman–Crippen LogP) is 5.50. The molecule has 0 amide bonds. The Hall–Kier alpha value is -3.96. The van der Waals surface area contributed by atoms with Crippen LogP contribution in [0.15, 0.2) is 89.7 Å². The molecule has 0 fully saturated rings. The zero-order valence-electron chi connectivity index (χ0n) is 18.0. The van der Waals surface area contributed by atoms with Gasteiger partial charge in [0.25, 0.3) is 5.56 Å². The molecule has 6 aromatic rings. The molecule has 4 aromatic carbocycles. The van der Waals surface area contributed by atoms with Crippen molar-refractivity contribution in [1.82, 2.24) is 9.38 Å². The van der Waals surface area contributed by atoms with Crippen LogP contribution in [-0.2, 0) is 6.61 Å². The van der Waals surface area contributed by atoms with Crippen LogP contribution in [0, 0.1) is 6.92 Å². The molecular weight excluding hydrogens is 428 g/mol. The van der Waals surface area contributed by atoms with E-state index in [2.05, 4.69) is 54.4 Å². The van der Waals surface area contributed by atoms with Gasteiger partial charge in [-0.25, -0.2) is 9.38 Å². The summed E-state index contributed by atoms with van der Waals surface area (Å²) >= 11 is 1.41. The molecule has 0 bridgehead atoms. The smallest absolute Gasteiger partial charge is 0.274 e.